The Labute approximate surface area is 88.1 Å². The lowest BCUT2D eigenvalue weighted by Gasteiger charge is -2.01. The zero-order valence-electron chi connectivity index (χ0n) is 8.56. The topological polar surface area (TPSA) is 59.2 Å². The molecule has 5 heteroatoms. The maximum atomic E-state index is 9.57. The number of aromatic nitrogens is 2. The van der Waals surface area contributed by atoms with Crippen LogP contribution >= 0.6 is 11.8 Å². The largest absolute Gasteiger partial charge is 0.385 e. The molecular weight excluding hydrogens is 200 g/mol. The molecule has 1 heterocycles. The molecule has 0 saturated carbocycles. The van der Waals surface area contributed by atoms with E-state index in [-0.39, 0.29) is 0 Å². The molecule has 0 radical (unpaired) electrons. The van der Waals surface area contributed by atoms with Gasteiger partial charge in [-0.3, -0.25) is 0 Å². The van der Waals surface area contributed by atoms with Gasteiger partial charge >= 0.3 is 0 Å². The summed E-state index contributed by atoms with van der Waals surface area (Å²) in [6.07, 6.45) is 3.82. The van der Waals surface area contributed by atoms with Crippen LogP contribution in [0.25, 0.3) is 0 Å². The molecule has 1 rings (SSSR count). The number of aliphatic hydroxyl groups excluding tert-OH is 1. The molecule has 0 aliphatic rings. The Balaban J connectivity index is 2.49. The molecule has 1 aromatic heterocycles. The van der Waals surface area contributed by atoms with Gasteiger partial charge in [0.1, 0.15) is 6.10 Å². The summed E-state index contributed by atoms with van der Waals surface area (Å²) in [6.45, 7) is 2.01. The predicted molar refractivity (Wildman–Crippen MR) is 56.3 cm³/mol. The van der Waals surface area contributed by atoms with Crippen LogP contribution in [0.3, 0.4) is 0 Å². The normalized spacial score (nSPS) is 13.1. The summed E-state index contributed by atoms with van der Waals surface area (Å²) in [5.41, 5.74) is 0. The number of rotatable bonds is 6. The summed E-state index contributed by atoms with van der Waals surface area (Å²) in [7, 11) is 0. The van der Waals surface area contributed by atoms with Crippen molar-refractivity contribution in [1.29, 1.82) is 0 Å². The van der Waals surface area contributed by atoms with E-state index in [1.165, 1.54) is 0 Å². The quantitative estimate of drug-likeness (QED) is 0.785. The number of aliphatic hydroxyl groups is 1. The lowest BCUT2D eigenvalue weighted by molar-refractivity contribution is 0.152. The summed E-state index contributed by atoms with van der Waals surface area (Å²) < 4.78 is 5.00. The van der Waals surface area contributed by atoms with Crippen LogP contribution < -0.4 is 0 Å². The van der Waals surface area contributed by atoms with Crippen molar-refractivity contribution in [2.45, 2.75) is 32.3 Å². The Morgan fingerprint density at radius 3 is 3.00 bits per heavy atom. The zero-order valence-corrected chi connectivity index (χ0v) is 9.38. The van der Waals surface area contributed by atoms with E-state index in [0.717, 1.165) is 18.6 Å². The van der Waals surface area contributed by atoms with Crippen molar-refractivity contribution in [2.24, 2.45) is 0 Å². The first-order valence-corrected chi connectivity index (χ1v) is 6.16. The van der Waals surface area contributed by atoms with E-state index in [9.17, 15) is 5.11 Å². The Morgan fingerprint density at radius 1 is 1.57 bits per heavy atom. The highest BCUT2D eigenvalue weighted by atomic mass is 32.2. The summed E-state index contributed by atoms with van der Waals surface area (Å²) in [6, 6.07) is 0. The third kappa shape index (κ3) is 3.31. The molecule has 0 aromatic carbocycles. The van der Waals surface area contributed by atoms with Crippen LogP contribution in [0.15, 0.2) is 4.52 Å². The minimum Gasteiger partial charge on any atom is -0.385 e. The summed E-state index contributed by atoms with van der Waals surface area (Å²) in [5, 5.41) is 13.3. The van der Waals surface area contributed by atoms with Gasteiger partial charge in [0, 0.05) is 12.2 Å². The van der Waals surface area contributed by atoms with Crippen molar-refractivity contribution >= 4 is 11.8 Å². The van der Waals surface area contributed by atoms with Crippen molar-refractivity contribution in [3.8, 4) is 0 Å². The van der Waals surface area contributed by atoms with Gasteiger partial charge in [-0.05, 0) is 12.7 Å². The molecule has 1 unspecified atom stereocenters. The van der Waals surface area contributed by atoms with Gasteiger partial charge in [0.2, 0.25) is 5.89 Å². The predicted octanol–water partition coefficient (Wildman–Crippen LogP) is 1.81. The zero-order chi connectivity index (χ0) is 10.4. The number of aryl methyl sites for hydroxylation is 1. The monoisotopic (exact) mass is 216 g/mol. The van der Waals surface area contributed by atoms with Crippen LogP contribution in [-0.4, -0.2) is 27.3 Å². The number of nitrogens with zero attached hydrogens (tertiary/aromatic N) is 2. The molecule has 14 heavy (non-hydrogen) atoms. The molecule has 80 valence electrons. The van der Waals surface area contributed by atoms with E-state index < -0.39 is 6.10 Å². The summed E-state index contributed by atoms with van der Waals surface area (Å²) in [5.74, 6) is 2.00. The molecule has 0 aliphatic heterocycles. The lowest BCUT2D eigenvalue weighted by atomic mass is 10.2. The first-order chi connectivity index (χ1) is 6.77. The second-order valence-corrected chi connectivity index (χ2v) is 4.08. The fraction of sp³-hybridized carbons (Fsp3) is 0.778. The maximum absolute atomic E-state index is 9.57. The van der Waals surface area contributed by atoms with Crippen molar-refractivity contribution in [1.82, 2.24) is 10.1 Å². The molecule has 4 nitrogen and oxygen atoms in total. The molecule has 0 bridgehead atoms. The maximum Gasteiger partial charge on any atom is 0.227 e. The summed E-state index contributed by atoms with van der Waals surface area (Å²) in [4.78, 5) is 4.13. The van der Waals surface area contributed by atoms with Gasteiger partial charge in [-0.15, -0.1) is 0 Å². The highest BCUT2D eigenvalue weighted by molar-refractivity contribution is 7.98. The van der Waals surface area contributed by atoms with Crippen LogP contribution in [0.1, 0.15) is 37.6 Å². The molecule has 0 spiro atoms. The molecular formula is C9H16N2O2S. The molecule has 1 atom stereocenters. The van der Waals surface area contributed by atoms with Crippen molar-refractivity contribution in [2.75, 3.05) is 12.0 Å². The van der Waals surface area contributed by atoms with Gasteiger partial charge in [0.15, 0.2) is 5.82 Å². The van der Waals surface area contributed by atoms with E-state index in [2.05, 4.69) is 10.1 Å². The standard InChI is InChI=1S/C9H16N2O2S/c1-3-4-7(12)9-10-8(13-11-9)5-6-14-2/h7,12H,3-6H2,1-2H3. The molecule has 0 fully saturated rings. The molecule has 1 N–H and O–H groups in total. The average molecular weight is 216 g/mol. The second-order valence-electron chi connectivity index (χ2n) is 3.09. The Kier molecular flexibility index (Phi) is 4.97. The smallest absolute Gasteiger partial charge is 0.227 e. The van der Waals surface area contributed by atoms with Gasteiger partial charge in [-0.25, -0.2) is 0 Å². The first kappa shape index (κ1) is 11.5. The number of hydrogen-bond donors (Lipinski definition) is 1. The molecule has 0 amide bonds. The fourth-order valence-corrected chi connectivity index (χ4v) is 1.48. The third-order valence-electron chi connectivity index (χ3n) is 1.86. The number of hydrogen-bond acceptors (Lipinski definition) is 5. The van der Waals surface area contributed by atoms with Crippen LogP contribution in [0, 0.1) is 0 Å². The SMILES string of the molecule is CCCC(O)c1noc(CCSC)n1. The second kappa shape index (κ2) is 6.03. The average Bonchev–Trinajstić information content (AvgIpc) is 2.63. The highest BCUT2D eigenvalue weighted by Gasteiger charge is 2.13. The number of thioether (sulfide) groups is 1. The van der Waals surface area contributed by atoms with E-state index in [0.29, 0.717) is 18.1 Å². The Morgan fingerprint density at radius 2 is 2.36 bits per heavy atom. The van der Waals surface area contributed by atoms with Crippen LogP contribution in [0.4, 0.5) is 0 Å². The van der Waals surface area contributed by atoms with Crippen LogP contribution in [0.5, 0.6) is 0 Å². The van der Waals surface area contributed by atoms with E-state index in [1.54, 1.807) is 11.8 Å². The van der Waals surface area contributed by atoms with Gasteiger partial charge in [-0.2, -0.15) is 16.7 Å². The van der Waals surface area contributed by atoms with Crippen molar-refractivity contribution in [3.63, 3.8) is 0 Å². The van der Waals surface area contributed by atoms with Crippen molar-refractivity contribution < 1.29 is 9.63 Å². The van der Waals surface area contributed by atoms with Crippen LogP contribution in [-0.2, 0) is 6.42 Å². The van der Waals surface area contributed by atoms with E-state index in [4.69, 9.17) is 4.52 Å². The van der Waals surface area contributed by atoms with E-state index in [1.807, 2.05) is 13.2 Å². The third-order valence-corrected chi connectivity index (χ3v) is 2.48. The molecule has 0 saturated heterocycles. The Hall–Kier alpha value is -0.550. The molecule has 1 aromatic rings. The lowest BCUT2D eigenvalue weighted by Crippen LogP contribution is -1.99. The minimum absolute atomic E-state index is 0.419. The molecule has 0 aliphatic carbocycles. The Bertz CT molecular complexity index is 265. The summed E-state index contributed by atoms with van der Waals surface area (Å²) >= 11 is 1.73. The highest BCUT2D eigenvalue weighted by Crippen LogP contribution is 2.15. The fourth-order valence-electron chi connectivity index (χ4n) is 1.10. The van der Waals surface area contributed by atoms with Gasteiger partial charge in [-0.1, -0.05) is 18.5 Å². The van der Waals surface area contributed by atoms with Crippen LogP contribution in [0.2, 0.25) is 0 Å². The van der Waals surface area contributed by atoms with E-state index >= 15 is 0 Å². The van der Waals surface area contributed by atoms with Gasteiger partial charge < -0.3 is 9.63 Å². The van der Waals surface area contributed by atoms with Gasteiger partial charge in [0.05, 0.1) is 0 Å². The first-order valence-electron chi connectivity index (χ1n) is 4.77. The minimum atomic E-state index is -0.577. The van der Waals surface area contributed by atoms with Crippen molar-refractivity contribution in [3.05, 3.63) is 11.7 Å². The van der Waals surface area contributed by atoms with Gasteiger partial charge in [0.25, 0.3) is 0 Å².